The zero-order valence-electron chi connectivity index (χ0n) is 14.7. The van der Waals surface area contributed by atoms with Gasteiger partial charge in [0, 0.05) is 12.0 Å². The van der Waals surface area contributed by atoms with Crippen molar-refractivity contribution in [2.24, 2.45) is 5.16 Å². The molecule has 0 saturated carbocycles. The number of ether oxygens (including phenoxy) is 1. The second kappa shape index (κ2) is 6.86. The summed E-state index contributed by atoms with van der Waals surface area (Å²) in [5.74, 6) is 0.919. The first kappa shape index (κ1) is 17.1. The van der Waals surface area contributed by atoms with E-state index in [1.165, 1.54) is 0 Å². The molecule has 0 N–H and O–H groups in total. The molecule has 0 fully saturated rings. The Morgan fingerprint density at radius 3 is 2.18 bits per heavy atom. The first-order chi connectivity index (χ1) is 10.4. The number of para-hydroxylation sites is 1. The Morgan fingerprint density at radius 2 is 1.59 bits per heavy atom. The average molecular weight is 320 g/mol. The van der Waals surface area contributed by atoms with Crippen LogP contribution in [0.4, 0.5) is 0 Å². The molecule has 1 heterocycles. The topological polar surface area (TPSA) is 30.8 Å². The minimum atomic E-state index is -1.96. The van der Waals surface area contributed by atoms with E-state index in [2.05, 4.69) is 52.8 Å². The summed E-state index contributed by atoms with van der Waals surface area (Å²) in [7, 11) is -1.96. The summed E-state index contributed by atoms with van der Waals surface area (Å²) in [4.78, 5) is 0. The van der Waals surface area contributed by atoms with Gasteiger partial charge in [-0.1, -0.05) is 53.7 Å². The molecule has 0 amide bonds. The van der Waals surface area contributed by atoms with Crippen LogP contribution in [-0.2, 0) is 4.53 Å². The number of fused-ring (bicyclic) bond motifs is 1. The van der Waals surface area contributed by atoms with E-state index in [1.54, 1.807) is 0 Å². The molecule has 3 nitrogen and oxygen atoms in total. The van der Waals surface area contributed by atoms with Gasteiger partial charge in [-0.2, -0.15) is 0 Å². The van der Waals surface area contributed by atoms with Crippen LogP contribution in [0.5, 0.6) is 5.75 Å². The molecule has 2 rings (SSSR count). The molecule has 122 valence electrons. The predicted octanol–water partition coefficient (Wildman–Crippen LogP) is 5.37. The Balaban J connectivity index is 2.33. The first-order valence-corrected chi connectivity index (χ1v) is 10.5. The van der Waals surface area contributed by atoms with Crippen LogP contribution in [0.25, 0.3) is 0 Å². The highest BCUT2D eigenvalue weighted by molar-refractivity contribution is 6.77. The highest BCUT2D eigenvalue weighted by Crippen LogP contribution is 2.42. The number of oxime groups is 1. The van der Waals surface area contributed by atoms with Crippen LogP contribution in [0.3, 0.4) is 0 Å². The van der Waals surface area contributed by atoms with Crippen molar-refractivity contribution in [3.8, 4) is 5.75 Å². The molecule has 0 spiro atoms. The summed E-state index contributed by atoms with van der Waals surface area (Å²) in [6.07, 6.45) is 0.815. The lowest BCUT2D eigenvalue weighted by atomic mass is 10.0. The number of hydrogen-bond donors (Lipinski definition) is 0. The van der Waals surface area contributed by atoms with Gasteiger partial charge in [-0.15, -0.1) is 5.16 Å². The lowest BCUT2D eigenvalue weighted by Crippen LogP contribution is -2.46. The monoisotopic (exact) mass is 319 g/mol. The number of hydrogen-bond acceptors (Lipinski definition) is 3. The molecule has 0 aliphatic carbocycles. The number of rotatable bonds is 5. The summed E-state index contributed by atoms with van der Waals surface area (Å²) in [6, 6.07) is 8.10. The second-order valence-corrected chi connectivity index (χ2v) is 12.4. The largest absolute Gasteiger partial charge is 0.492 e. The minimum absolute atomic E-state index is 0.534. The van der Waals surface area contributed by atoms with Crippen LogP contribution >= 0.6 is 0 Å². The van der Waals surface area contributed by atoms with Crippen molar-refractivity contribution in [2.75, 3.05) is 6.61 Å². The smallest absolute Gasteiger partial charge is 0.295 e. The van der Waals surface area contributed by atoms with Crippen molar-refractivity contribution >= 4 is 14.0 Å². The Morgan fingerprint density at radius 1 is 1.00 bits per heavy atom. The van der Waals surface area contributed by atoms with Crippen molar-refractivity contribution in [3.63, 3.8) is 0 Å². The molecule has 22 heavy (non-hydrogen) atoms. The van der Waals surface area contributed by atoms with Gasteiger partial charge < -0.3 is 9.26 Å². The number of benzene rings is 1. The van der Waals surface area contributed by atoms with Crippen LogP contribution < -0.4 is 4.74 Å². The summed E-state index contributed by atoms with van der Waals surface area (Å²) < 4.78 is 12.1. The van der Waals surface area contributed by atoms with E-state index >= 15 is 0 Å². The van der Waals surface area contributed by atoms with Crippen LogP contribution in [0, 0.1) is 0 Å². The van der Waals surface area contributed by atoms with Gasteiger partial charge in [0.15, 0.2) is 0 Å². The normalized spacial score (nSPS) is 17.0. The summed E-state index contributed by atoms with van der Waals surface area (Å²) >= 11 is 0. The van der Waals surface area contributed by atoms with E-state index in [0.717, 1.165) is 23.4 Å². The van der Waals surface area contributed by atoms with E-state index in [0.29, 0.717) is 23.2 Å². The third kappa shape index (κ3) is 3.07. The zero-order valence-corrected chi connectivity index (χ0v) is 15.7. The molecule has 1 aromatic carbocycles. The fraction of sp³-hybridized carbons (Fsp3) is 0.611. The third-order valence-electron chi connectivity index (χ3n) is 4.82. The van der Waals surface area contributed by atoms with Gasteiger partial charge in [-0.05, 0) is 28.8 Å². The van der Waals surface area contributed by atoms with Gasteiger partial charge in [0.05, 0.1) is 12.3 Å². The van der Waals surface area contributed by atoms with E-state index < -0.39 is 8.32 Å². The zero-order chi connectivity index (χ0) is 16.3. The van der Waals surface area contributed by atoms with Gasteiger partial charge in [-0.3, -0.25) is 0 Å². The Kier molecular flexibility index (Phi) is 5.32. The maximum absolute atomic E-state index is 6.38. The molecule has 0 bridgehead atoms. The van der Waals surface area contributed by atoms with Crippen molar-refractivity contribution in [2.45, 2.75) is 64.6 Å². The minimum Gasteiger partial charge on any atom is -0.492 e. The molecule has 1 aromatic rings. The highest BCUT2D eigenvalue weighted by atomic mass is 28.4. The van der Waals surface area contributed by atoms with Crippen LogP contribution in [0.15, 0.2) is 29.4 Å². The summed E-state index contributed by atoms with van der Waals surface area (Å²) in [5, 5.41) is 4.66. The molecule has 4 heteroatoms. The van der Waals surface area contributed by atoms with E-state index in [4.69, 9.17) is 9.26 Å². The molecular weight excluding hydrogens is 290 g/mol. The SMILES string of the molecule is CC(C)[Si](O/N=C1\CCOc2ccccc21)(C(C)C)C(C)C. The maximum Gasteiger partial charge on any atom is 0.295 e. The second-order valence-electron chi connectivity index (χ2n) is 7.04. The van der Waals surface area contributed by atoms with Crippen LogP contribution in [0.2, 0.25) is 16.6 Å². The average Bonchev–Trinajstić information content (AvgIpc) is 2.47. The van der Waals surface area contributed by atoms with Crippen molar-refractivity contribution < 1.29 is 9.26 Å². The Labute approximate surface area is 135 Å². The standard InChI is InChI=1S/C18H29NO2Si/c1-13(2)22(14(3)4,15(5)6)21-19-17-11-12-20-18-10-8-7-9-16(17)18/h7-10,13-15H,11-12H2,1-6H3/b19-17+. The van der Waals surface area contributed by atoms with Gasteiger partial charge in [0.2, 0.25) is 0 Å². The van der Waals surface area contributed by atoms with Gasteiger partial charge in [-0.25, -0.2) is 0 Å². The summed E-state index contributed by atoms with van der Waals surface area (Å²) in [6.45, 7) is 14.4. The lowest BCUT2D eigenvalue weighted by Gasteiger charge is -2.39. The third-order valence-corrected chi connectivity index (χ3v) is 10.6. The number of nitrogens with zero attached hydrogens (tertiary/aromatic N) is 1. The summed E-state index contributed by atoms with van der Waals surface area (Å²) in [5.41, 5.74) is 3.71. The van der Waals surface area contributed by atoms with Crippen LogP contribution in [0.1, 0.15) is 53.5 Å². The van der Waals surface area contributed by atoms with Gasteiger partial charge in [0.25, 0.3) is 8.32 Å². The molecule has 0 radical (unpaired) electrons. The Bertz CT molecular complexity index is 516. The molecule has 0 atom stereocenters. The molecule has 1 aliphatic heterocycles. The molecular formula is C18H29NO2Si. The first-order valence-electron chi connectivity index (χ1n) is 8.36. The molecule has 0 unspecified atom stereocenters. The molecule has 0 saturated heterocycles. The maximum atomic E-state index is 6.38. The van der Waals surface area contributed by atoms with E-state index in [1.807, 2.05) is 18.2 Å². The van der Waals surface area contributed by atoms with Crippen molar-refractivity contribution in [1.82, 2.24) is 0 Å². The Hall–Kier alpha value is -1.29. The van der Waals surface area contributed by atoms with E-state index in [-0.39, 0.29) is 0 Å². The van der Waals surface area contributed by atoms with Crippen LogP contribution in [-0.4, -0.2) is 20.6 Å². The predicted molar refractivity (Wildman–Crippen MR) is 95.2 cm³/mol. The fourth-order valence-electron chi connectivity index (χ4n) is 3.77. The molecule has 0 aromatic heterocycles. The lowest BCUT2D eigenvalue weighted by molar-refractivity contribution is 0.285. The van der Waals surface area contributed by atoms with Gasteiger partial charge >= 0.3 is 0 Å². The van der Waals surface area contributed by atoms with E-state index in [9.17, 15) is 0 Å². The van der Waals surface area contributed by atoms with Crippen molar-refractivity contribution in [3.05, 3.63) is 29.8 Å². The van der Waals surface area contributed by atoms with Crippen molar-refractivity contribution in [1.29, 1.82) is 0 Å². The quantitative estimate of drug-likeness (QED) is 0.540. The molecule has 1 aliphatic rings. The van der Waals surface area contributed by atoms with Gasteiger partial charge in [0.1, 0.15) is 5.75 Å². The fourth-order valence-corrected chi connectivity index (χ4v) is 8.67. The highest BCUT2D eigenvalue weighted by Gasteiger charge is 2.48.